The van der Waals surface area contributed by atoms with Gasteiger partial charge in [0.05, 0.1) is 0 Å². The van der Waals surface area contributed by atoms with Gasteiger partial charge in [-0.25, -0.2) is 0 Å². The Morgan fingerprint density at radius 2 is 1.79 bits per heavy atom. The van der Waals surface area contributed by atoms with Gasteiger partial charge in [-0.1, -0.05) is 42.0 Å². The number of ether oxygens (including phenoxy) is 2. The highest BCUT2D eigenvalue weighted by atomic mass is 16.6. The minimum absolute atomic E-state index is 0.0841. The maximum absolute atomic E-state index is 12.8. The Kier molecular flexibility index (Phi) is 5.53. The number of hydrogen-bond donors (Lipinski definition) is 1. The van der Waals surface area contributed by atoms with E-state index in [0.29, 0.717) is 11.5 Å². The van der Waals surface area contributed by atoms with Crippen molar-refractivity contribution in [3.05, 3.63) is 59.7 Å². The molecule has 2 aromatic carbocycles. The van der Waals surface area contributed by atoms with Crippen LogP contribution in [0.3, 0.4) is 0 Å². The predicted octanol–water partition coefficient (Wildman–Crippen LogP) is 3.30. The lowest BCUT2D eigenvalue weighted by Gasteiger charge is -2.35. The summed E-state index contributed by atoms with van der Waals surface area (Å²) in [6.45, 7) is 6.95. The first-order valence-corrected chi connectivity index (χ1v) is 10.1. The number of fused-ring (bicyclic) bond motifs is 1. The van der Waals surface area contributed by atoms with Crippen LogP contribution >= 0.6 is 0 Å². The first-order valence-electron chi connectivity index (χ1n) is 10.1. The summed E-state index contributed by atoms with van der Waals surface area (Å²) in [6, 6.07) is 16.3. The molecule has 2 aromatic rings. The van der Waals surface area contributed by atoms with Gasteiger partial charge in [-0.3, -0.25) is 9.69 Å². The molecule has 1 saturated heterocycles. The molecule has 2 aliphatic rings. The monoisotopic (exact) mass is 380 g/mol. The Balaban J connectivity index is 1.28. The summed E-state index contributed by atoms with van der Waals surface area (Å²) in [4.78, 5) is 15.2. The van der Waals surface area contributed by atoms with Gasteiger partial charge in [-0.15, -0.1) is 0 Å². The van der Waals surface area contributed by atoms with E-state index in [9.17, 15) is 4.79 Å². The molecule has 28 heavy (non-hydrogen) atoms. The molecule has 0 spiro atoms. The zero-order valence-electron chi connectivity index (χ0n) is 16.6. The van der Waals surface area contributed by atoms with E-state index in [-0.39, 0.29) is 18.1 Å². The third kappa shape index (κ3) is 4.30. The molecule has 1 N–H and O–H groups in total. The average molecular weight is 380 g/mol. The summed E-state index contributed by atoms with van der Waals surface area (Å²) in [5.74, 6) is 1.25. The van der Waals surface area contributed by atoms with Crippen LogP contribution in [0.25, 0.3) is 0 Å². The van der Waals surface area contributed by atoms with E-state index in [4.69, 9.17) is 9.47 Å². The lowest BCUT2D eigenvalue weighted by molar-refractivity contribution is -0.134. The van der Waals surface area contributed by atoms with E-state index in [2.05, 4.69) is 41.4 Å². The Hall–Kier alpha value is -2.53. The molecule has 2 heterocycles. The van der Waals surface area contributed by atoms with Crippen molar-refractivity contribution in [2.75, 3.05) is 13.1 Å². The number of likely N-dealkylation sites (tertiary alicyclic amines) is 1. The van der Waals surface area contributed by atoms with Crippen molar-refractivity contribution in [1.82, 2.24) is 10.2 Å². The zero-order chi connectivity index (χ0) is 19.5. The smallest absolute Gasteiger partial charge is 0.265 e. The minimum atomic E-state index is -0.611. The minimum Gasteiger partial charge on any atom is -0.482 e. The molecule has 0 bridgehead atoms. The molecule has 4 rings (SSSR count). The van der Waals surface area contributed by atoms with Gasteiger partial charge in [0.25, 0.3) is 5.91 Å². The number of carbonyl (C=O) groups excluding carboxylic acids is 1. The molecule has 2 aliphatic heterocycles. The molecule has 0 radical (unpaired) electrons. The van der Waals surface area contributed by atoms with Crippen molar-refractivity contribution in [3.8, 4) is 11.5 Å². The normalized spacial score (nSPS) is 22.6. The van der Waals surface area contributed by atoms with E-state index in [1.165, 1.54) is 11.1 Å². The van der Waals surface area contributed by atoms with Crippen molar-refractivity contribution in [2.45, 2.75) is 51.5 Å². The van der Waals surface area contributed by atoms with Crippen LogP contribution < -0.4 is 14.8 Å². The van der Waals surface area contributed by atoms with Gasteiger partial charge in [0.1, 0.15) is 6.10 Å². The molecule has 148 valence electrons. The standard InChI is InChI=1S/C23H28N2O3/c1-16-6-5-7-18(14-16)15-25-12-10-19(11-13-25)24-23(26)22-17(2)27-20-8-3-4-9-21(20)28-22/h3-9,14,17,19,22H,10-13,15H2,1-2H3,(H,24,26). The van der Waals surface area contributed by atoms with Crippen molar-refractivity contribution < 1.29 is 14.3 Å². The lowest BCUT2D eigenvalue weighted by atomic mass is 10.0. The second kappa shape index (κ2) is 8.23. The van der Waals surface area contributed by atoms with Gasteiger partial charge < -0.3 is 14.8 Å². The zero-order valence-corrected chi connectivity index (χ0v) is 16.6. The second-order valence-corrected chi connectivity index (χ2v) is 7.86. The van der Waals surface area contributed by atoms with Crippen LogP contribution in [-0.2, 0) is 11.3 Å². The van der Waals surface area contributed by atoms with E-state index < -0.39 is 6.10 Å². The number of nitrogens with one attached hydrogen (secondary N) is 1. The molecule has 2 unspecified atom stereocenters. The summed E-state index contributed by atoms with van der Waals surface area (Å²) >= 11 is 0. The number of amides is 1. The fourth-order valence-electron chi connectivity index (χ4n) is 3.99. The average Bonchev–Trinajstić information content (AvgIpc) is 2.69. The number of piperidine rings is 1. The fraction of sp³-hybridized carbons (Fsp3) is 0.435. The Labute approximate surface area is 166 Å². The number of hydrogen-bond acceptors (Lipinski definition) is 4. The van der Waals surface area contributed by atoms with Crippen LogP contribution in [0.2, 0.25) is 0 Å². The van der Waals surface area contributed by atoms with Gasteiger partial charge in [0.15, 0.2) is 11.5 Å². The molecule has 1 fully saturated rings. The van der Waals surface area contributed by atoms with Crippen LogP contribution in [-0.4, -0.2) is 42.1 Å². The number of para-hydroxylation sites is 2. The Bertz CT molecular complexity index is 830. The third-order valence-corrected chi connectivity index (χ3v) is 5.52. The number of benzene rings is 2. The molecule has 0 aliphatic carbocycles. The fourth-order valence-corrected chi connectivity index (χ4v) is 3.99. The van der Waals surface area contributed by atoms with Crippen molar-refractivity contribution >= 4 is 5.91 Å². The summed E-state index contributed by atoms with van der Waals surface area (Å²) in [5, 5.41) is 3.17. The molecule has 2 atom stereocenters. The van der Waals surface area contributed by atoms with Crippen molar-refractivity contribution in [1.29, 1.82) is 0 Å². The topological polar surface area (TPSA) is 50.8 Å². The third-order valence-electron chi connectivity index (χ3n) is 5.52. The largest absolute Gasteiger partial charge is 0.482 e. The highest BCUT2D eigenvalue weighted by Gasteiger charge is 2.35. The SMILES string of the molecule is Cc1cccc(CN2CCC(NC(=O)C3Oc4ccccc4OC3C)CC2)c1. The number of aryl methyl sites for hydroxylation is 1. The first-order chi connectivity index (χ1) is 13.6. The van der Waals surface area contributed by atoms with Crippen molar-refractivity contribution in [2.24, 2.45) is 0 Å². The highest BCUT2D eigenvalue weighted by Crippen LogP contribution is 2.33. The van der Waals surface area contributed by atoms with E-state index in [0.717, 1.165) is 32.5 Å². The van der Waals surface area contributed by atoms with Crippen molar-refractivity contribution in [3.63, 3.8) is 0 Å². The maximum Gasteiger partial charge on any atom is 0.265 e. The van der Waals surface area contributed by atoms with Crippen LogP contribution in [0.4, 0.5) is 0 Å². The summed E-state index contributed by atoms with van der Waals surface area (Å²) in [6.07, 6.45) is 0.989. The molecular weight excluding hydrogens is 352 g/mol. The quantitative estimate of drug-likeness (QED) is 0.884. The second-order valence-electron chi connectivity index (χ2n) is 7.86. The number of rotatable bonds is 4. The van der Waals surface area contributed by atoms with Crippen LogP contribution in [0.5, 0.6) is 11.5 Å². The van der Waals surface area contributed by atoms with E-state index in [1.807, 2.05) is 31.2 Å². The lowest BCUT2D eigenvalue weighted by Crippen LogP contribution is -2.53. The summed E-state index contributed by atoms with van der Waals surface area (Å²) in [7, 11) is 0. The van der Waals surface area contributed by atoms with Gasteiger partial charge in [0.2, 0.25) is 6.10 Å². The molecular formula is C23H28N2O3. The number of nitrogens with zero attached hydrogens (tertiary/aromatic N) is 1. The van der Waals surface area contributed by atoms with Crippen LogP contribution in [0, 0.1) is 6.92 Å². The predicted molar refractivity (Wildman–Crippen MR) is 109 cm³/mol. The van der Waals surface area contributed by atoms with Gasteiger partial charge >= 0.3 is 0 Å². The molecule has 5 heteroatoms. The maximum atomic E-state index is 12.8. The molecule has 5 nitrogen and oxygen atoms in total. The summed E-state index contributed by atoms with van der Waals surface area (Å²) < 4.78 is 11.8. The summed E-state index contributed by atoms with van der Waals surface area (Å²) in [5.41, 5.74) is 2.65. The molecule has 1 amide bonds. The first kappa shape index (κ1) is 18.8. The molecule has 0 aromatic heterocycles. The van der Waals surface area contributed by atoms with E-state index in [1.54, 1.807) is 0 Å². The van der Waals surface area contributed by atoms with Crippen LogP contribution in [0.15, 0.2) is 48.5 Å². The Morgan fingerprint density at radius 3 is 2.50 bits per heavy atom. The van der Waals surface area contributed by atoms with Gasteiger partial charge in [-0.2, -0.15) is 0 Å². The van der Waals surface area contributed by atoms with Gasteiger partial charge in [-0.05, 0) is 44.4 Å². The Morgan fingerprint density at radius 1 is 1.07 bits per heavy atom. The highest BCUT2D eigenvalue weighted by molar-refractivity contribution is 5.82. The van der Waals surface area contributed by atoms with E-state index >= 15 is 0 Å². The number of carbonyl (C=O) groups is 1. The molecule has 0 saturated carbocycles. The van der Waals surface area contributed by atoms with Crippen LogP contribution in [0.1, 0.15) is 30.9 Å². The van der Waals surface area contributed by atoms with Gasteiger partial charge in [0, 0.05) is 25.7 Å².